The Morgan fingerprint density at radius 2 is 1.28 bits per heavy atom. The summed E-state index contributed by atoms with van der Waals surface area (Å²) in [6.07, 6.45) is 2.10. The van der Waals surface area contributed by atoms with E-state index in [9.17, 15) is 24.9 Å². The monoisotopic (exact) mass is 254 g/mol. The molecule has 0 aromatic heterocycles. The smallest absolute Gasteiger partial charge is 0.309 e. The molecule has 0 radical (unpaired) electrons. The first kappa shape index (κ1) is 12.0. The van der Waals surface area contributed by atoms with Gasteiger partial charge >= 0.3 is 11.9 Å². The molecular formula is C13H18O5. The zero-order valence-corrected chi connectivity index (χ0v) is 10.4. The summed E-state index contributed by atoms with van der Waals surface area (Å²) in [5.74, 6) is -1.89. The molecule has 0 aliphatic heterocycles. The van der Waals surface area contributed by atoms with Gasteiger partial charge in [0.2, 0.25) is 0 Å². The summed E-state index contributed by atoms with van der Waals surface area (Å²) in [6.45, 7) is 1.92. The van der Waals surface area contributed by atoms with Crippen LogP contribution in [-0.4, -0.2) is 32.9 Å². The van der Waals surface area contributed by atoms with Crippen LogP contribution in [0.25, 0.3) is 0 Å². The Balaban J connectivity index is 2.15. The van der Waals surface area contributed by atoms with E-state index >= 15 is 0 Å². The fourth-order valence-corrected chi connectivity index (χ4v) is 5.54. The zero-order chi connectivity index (χ0) is 13.4. The van der Waals surface area contributed by atoms with Crippen molar-refractivity contribution in [1.29, 1.82) is 0 Å². The minimum absolute atomic E-state index is 0.169. The highest BCUT2D eigenvalue weighted by Crippen LogP contribution is 2.70. The van der Waals surface area contributed by atoms with Crippen LogP contribution < -0.4 is 0 Å². The van der Waals surface area contributed by atoms with Crippen molar-refractivity contribution >= 4 is 11.9 Å². The number of carboxylic acids is 2. The molecule has 4 bridgehead atoms. The Kier molecular flexibility index (Phi) is 1.93. The fraction of sp³-hybridized carbons (Fsp3) is 0.846. The van der Waals surface area contributed by atoms with Gasteiger partial charge in [-0.05, 0) is 43.9 Å². The van der Waals surface area contributed by atoms with Gasteiger partial charge in [-0.15, -0.1) is 0 Å². The van der Waals surface area contributed by atoms with Crippen molar-refractivity contribution in [3.05, 3.63) is 0 Å². The van der Waals surface area contributed by atoms with E-state index in [1.807, 2.05) is 6.92 Å². The average molecular weight is 254 g/mol. The second kappa shape index (κ2) is 2.90. The lowest BCUT2D eigenvalue weighted by atomic mass is 9.38. The maximum Gasteiger partial charge on any atom is 0.309 e. The SMILES string of the molecule is CC12CC3(O)CC(C(=O)O)(C1)CC(C(=O)O)(C2)C3. The molecule has 4 rings (SSSR count). The Labute approximate surface area is 105 Å². The second-order valence-electron chi connectivity index (χ2n) is 7.27. The Morgan fingerprint density at radius 3 is 1.61 bits per heavy atom. The number of aliphatic hydroxyl groups is 1. The van der Waals surface area contributed by atoms with Gasteiger partial charge in [-0.25, -0.2) is 0 Å². The summed E-state index contributed by atoms with van der Waals surface area (Å²) in [5, 5.41) is 29.6. The molecule has 100 valence electrons. The van der Waals surface area contributed by atoms with Gasteiger partial charge in [0.25, 0.3) is 0 Å². The van der Waals surface area contributed by atoms with Crippen LogP contribution >= 0.6 is 0 Å². The Hall–Kier alpha value is -1.10. The minimum Gasteiger partial charge on any atom is -0.481 e. The first-order valence-electron chi connectivity index (χ1n) is 6.32. The third kappa shape index (κ3) is 1.31. The van der Waals surface area contributed by atoms with Gasteiger partial charge in [-0.2, -0.15) is 0 Å². The van der Waals surface area contributed by atoms with E-state index in [2.05, 4.69) is 0 Å². The van der Waals surface area contributed by atoms with Gasteiger partial charge in [0.05, 0.1) is 16.4 Å². The predicted molar refractivity (Wildman–Crippen MR) is 60.9 cm³/mol. The lowest BCUT2D eigenvalue weighted by molar-refractivity contribution is -0.238. The van der Waals surface area contributed by atoms with E-state index in [0.717, 1.165) is 0 Å². The number of carboxylic acid groups (broad SMARTS) is 2. The van der Waals surface area contributed by atoms with Crippen molar-refractivity contribution in [2.45, 2.75) is 51.0 Å². The molecular weight excluding hydrogens is 236 g/mol. The molecule has 2 unspecified atom stereocenters. The van der Waals surface area contributed by atoms with E-state index in [-0.39, 0.29) is 24.7 Å². The highest BCUT2D eigenvalue weighted by Gasteiger charge is 2.71. The van der Waals surface area contributed by atoms with Gasteiger partial charge in [0.1, 0.15) is 0 Å². The second-order valence-corrected chi connectivity index (χ2v) is 7.27. The van der Waals surface area contributed by atoms with Crippen molar-refractivity contribution in [1.82, 2.24) is 0 Å². The van der Waals surface area contributed by atoms with Crippen molar-refractivity contribution < 1.29 is 24.9 Å². The molecule has 2 atom stereocenters. The van der Waals surface area contributed by atoms with Crippen LogP contribution in [0.2, 0.25) is 0 Å². The number of rotatable bonds is 2. The predicted octanol–water partition coefficient (Wildman–Crippen LogP) is 1.25. The van der Waals surface area contributed by atoms with Gasteiger partial charge in [-0.3, -0.25) is 9.59 Å². The number of carbonyl (C=O) groups is 2. The van der Waals surface area contributed by atoms with Crippen LogP contribution in [0.15, 0.2) is 0 Å². The van der Waals surface area contributed by atoms with Gasteiger partial charge < -0.3 is 15.3 Å². The van der Waals surface area contributed by atoms with Crippen LogP contribution in [-0.2, 0) is 9.59 Å². The number of hydrogen-bond acceptors (Lipinski definition) is 3. The third-order valence-corrected chi connectivity index (χ3v) is 5.21. The molecule has 3 N–H and O–H groups in total. The molecule has 0 aromatic carbocycles. The molecule has 0 heterocycles. The summed E-state index contributed by atoms with van der Waals surface area (Å²) in [6, 6.07) is 0. The van der Waals surface area contributed by atoms with Crippen LogP contribution in [0.3, 0.4) is 0 Å². The van der Waals surface area contributed by atoms with E-state index in [4.69, 9.17) is 0 Å². The van der Waals surface area contributed by atoms with Gasteiger partial charge in [0.15, 0.2) is 0 Å². The van der Waals surface area contributed by atoms with E-state index in [0.29, 0.717) is 19.3 Å². The highest BCUT2D eigenvalue weighted by atomic mass is 16.4. The molecule has 5 heteroatoms. The molecule has 5 nitrogen and oxygen atoms in total. The lowest BCUT2D eigenvalue weighted by Gasteiger charge is -2.65. The van der Waals surface area contributed by atoms with Gasteiger partial charge in [-0.1, -0.05) is 6.92 Å². The summed E-state index contributed by atoms with van der Waals surface area (Å²) >= 11 is 0. The maximum absolute atomic E-state index is 11.6. The van der Waals surface area contributed by atoms with Crippen LogP contribution in [0.1, 0.15) is 45.4 Å². The molecule has 4 aliphatic carbocycles. The number of hydrogen-bond donors (Lipinski definition) is 3. The Bertz CT molecular complexity index is 400. The van der Waals surface area contributed by atoms with Gasteiger partial charge in [0, 0.05) is 0 Å². The molecule has 0 spiro atoms. The lowest BCUT2D eigenvalue weighted by Crippen LogP contribution is -2.67. The molecule has 0 amide bonds. The Morgan fingerprint density at radius 1 is 0.833 bits per heavy atom. The molecule has 18 heavy (non-hydrogen) atoms. The molecule has 4 fully saturated rings. The quantitative estimate of drug-likeness (QED) is 0.689. The molecule has 0 aromatic rings. The normalized spacial score (nSPS) is 53.4. The molecule has 0 saturated heterocycles. The standard InChI is InChI=1S/C13H18O5/c1-10-2-11(8(14)15)5-12(3-10,9(16)17)7-13(18,4-10)6-11/h18H,2-7H2,1H3,(H,14,15)(H,16,17). The van der Waals surface area contributed by atoms with E-state index in [1.165, 1.54) is 0 Å². The van der Waals surface area contributed by atoms with Crippen molar-refractivity contribution in [2.75, 3.05) is 0 Å². The van der Waals surface area contributed by atoms with E-state index < -0.39 is 28.4 Å². The van der Waals surface area contributed by atoms with Crippen molar-refractivity contribution in [3.8, 4) is 0 Å². The summed E-state index contributed by atoms with van der Waals surface area (Å²) < 4.78 is 0. The average Bonchev–Trinajstić information content (AvgIpc) is 2.10. The fourth-order valence-electron chi connectivity index (χ4n) is 5.54. The van der Waals surface area contributed by atoms with Crippen LogP contribution in [0.5, 0.6) is 0 Å². The maximum atomic E-state index is 11.6. The summed E-state index contributed by atoms with van der Waals surface area (Å²) in [5.41, 5.74) is -3.56. The van der Waals surface area contributed by atoms with E-state index in [1.54, 1.807) is 0 Å². The van der Waals surface area contributed by atoms with Crippen molar-refractivity contribution in [2.24, 2.45) is 16.2 Å². The highest BCUT2D eigenvalue weighted by molar-refractivity contribution is 5.81. The molecule has 4 aliphatic rings. The molecule has 4 saturated carbocycles. The summed E-state index contributed by atoms with van der Waals surface area (Å²) in [7, 11) is 0. The largest absolute Gasteiger partial charge is 0.481 e. The minimum atomic E-state index is -1.11. The number of aliphatic carboxylic acids is 2. The third-order valence-electron chi connectivity index (χ3n) is 5.21. The topological polar surface area (TPSA) is 94.8 Å². The zero-order valence-electron chi connectivity index (χ0n) is 10.4. The van der Waals surface area contributed by atoms with Crippen LogP contribution in [0.4, 0.5) is 0 Å². The van der Waals surface area contributed by atoms with Crippen LogP contribution in [0, 0.1) is 16.2 Å². The first-order valence-corrected chi connectivity index (χ1v) is 6.32. The summed E-state index contributed by atoms with van der Waals surface area (Å²) in [4.78, 5) is 23.2. The first-order chi connectivity index (χ1) is 8.13. The van der Waals surface area contributed by atoms with Crippen molar-refractivity contribution in [3.63, 3.8) is 0 Å².